The minimum atomic E-state index is -0.130. The number of aryl methyl sites for hydroxylation is 1. The standard InChI is InChI=1S/C15H22N2O3/c1-4-20-15(19)12-7-9-17(10-8-12)14(18)13-6-5-11(2)16(13)3/h5-6,12H,4,7-10H2,1-3H3. The van der Waals surface area contributed by atoms with Gasteiger partial charge in [-0.3, -0.25) is 9.59 Å². The summed E-state index contributed by atoms with van der Waals surface area (Å²) in [5.41, 5.74) is 1.77. The molecule has 1 saturated heterocycles. The molecule has 1 amide bonds. The minimum Gasteiger partial charge on any atom is -0.466 e. The van der Waals surface area contributed by atoms with Crippen molar-refractivity contribution in [2.75, 3.05) is 19.7 Å². The van der Waals surface area contributed by atoms with E-state index in [1.54, 1.807) is 0 Å². The topological polar surface area (TPSA) is 51.5 Å². The van der Waals surface area contributed by atoms with Crippen LogP contribution in [0.25, 0.3) is 0 Å². The van der Waals surface area contributed by atoms with Gasteiger partial charge in [0, 0.05) is 25.8 Å². The Kier molecular flexibility index (Phi) is 4.47. The van der Waals surface area contributed by atoms with E-state index >= 15 is 0 Å². The van der Waals surface area contributed by atoms with Crippen molar-refractivity contribution in [1.82, 2.24) is 9.47 Å². The van der Waals surface area contributed by atoms with Crippen molar-refractivity contribution in [2.45, 2.75) is 26.7 Å². The molecule has 2 rings (SSSR count). The Labute approximate surface area is 119 Å². The van der Waals surface area contributed by atoms with Crippen LogP contribution < -0.4 is 0 Å². The van der Waals surface area contributed by atoms with Crippen LogP contribution in [-0.2, 0) is 16.6 Å². The highest BCUT2D eigenvalue weighted by molar-refractivity contribution is 5.93. The van der Waals surface area contributed by atoms with Gasteiger partial charge in [0.1, 0.15) is 5.69 Å². The third kappa shape index (κ3) is 2.86. The lowest BCUT2D eigenvalue weighted by Gasteiger charge is -2.31. The fraction of sp³-hybridized carbons (Fsp3) is 0.600. The number of hydrogen-bond acceptors (Lipinski definition) is 3. The summed E-state index contributed by atoms with van der Waals surface area (Å²) < 4.78 is 6.94. The van der Waals surface area contributed by atoms with Gasteiger partial charge in [0.15, 0.2) is 0 Å². The number of rotatable bonds is 3. The molecule has 0 unspecified atom stereocenters. The zero-order chi connectivity index (χ0) is 14.7. The van der Waals surface area contributed by atoms with E-state index < -0.39 is 0 Å². The summed E-state index contributed by atoms with van der Waals surface area (Å²) in [4.78, 5) is 25.9. The number of likely N-dealkylation sites (tertiary alicyclic amines) is 1. The molecule has 1 aromatic heterocycles. The molecule has 1 fully saturated rings. The molecule has 1 aliphatic heterocycles. The lowest BCUT2D eigenvalue weighted by atomic mass is 9.97. The molecular weight excluding hydrogens is 256 g/mol. The number of carbonyl (C=O) groups excluding carboxylic acids is 2. The van der Waals surface area contributed by atoms with E-state index in [1.165, 1.54) is 0 Å². The molecule has 0 aliphatic carbocycles. The van der Waals surface area contributed by atoms with E-state index in [2.05, 4.69) is 0 Å². The van der Waals surface area contributed by atoms with Gasteiger partial charge in [-0.2, -0.15) is 0 Å². The molecule has 1 aliphatic rings. The molecule has 1 aromatic rings. The van der Waals surface area contributed by atoms with Crippen molar-refractivity contribution in [1.29, 1.82) is 0 Å². The summed E-state index contributed by atoms with van der Waals surface area (Å²) in [5, 5.41) is 0. The molecule has 5 heteroatoms. The highest BCUT2D eigenvalue weighted by Gasteiger charge is 2.29. The van der Waals surface area contributed by atoms with E-state index in [-0.39, 0.29) is 17.8 Å². The zero-order valence-corrected chi connectivity index (χ0v) is 12.4. The number of ether oxygens (including phenoxy) is 1. The van der Waals surface area contributed by atoms with E-state index in [9.17, 15) is 9.59 Å². The number of nitrogens with zero attached hydrogens (tertiary/aromatic N) is 2. The van der Waals surface area contributed by atoms with Crippen molar-refractivity contribution in [3.63, 3.8) is 0 Å². The number of esters is 1. The maximum Gasteiger partial charge on any atom is 0.309 e. The number of carbonyl (C=O) groups is 2. The zero-order valence-electron chi connectivity index (χ0n) is 12.4. The van der Waals surface area contributed by atoms with Crippen LogP contribution in [0, 0.1) is 12.8 Å². The van der Waals surface area contributed by atoms with Crippen LogP contribution in [0.4, 0.5) is 0 Å². The van der Waals surface area contributed by atoms with E-state index in [0.717, 1.165) is 5.69 Å². The number of hydrogen-bond donors (Lipinski definition) is 0. The molecule has 20 heavy (non-hydrogen) atoms. The predicted molar refractivity (Wildman–Crippen MR) is 75.4 cm³/mol. The van der Waals surface area contributed by atoms with Gasteiger partial charge >= 0.3 is 5.97 Å². The Bertz CT molecular complexity index is 499. The Balaban J connectivity index is 1.95. The summed E-state index contributed by atoms with van der Waals surface area (Å²) in [6, 6.07) is 3.80. The Morgan fingerprint density at radius 1 is 1.30 bits per heavy atom. The molecule has 0 radical (unpaired) electrons. The molecule has 110 valence electrons. The van der Waals surface area contributed by atoms with Crippen molar-refractivity contribution in [2.24, 2.45) is 13.0 Å². The minimum absolute atomic E-state index is 0.0444. The lowest BCUT2D eigenvalue weighted by Crippen LogP contribution is -2.41. The van der Waals surface area contributed by atoms with E-state index in [0.29, 0.717) is 38.2 Å². The van der Waals surface area contributed by atoms with Crippen molar-refractivity contribution in [3.8, 4) is 0 Å². The first-order valence-electron chi connectivity index (χ1n) is 7.12. The molecule has 0 saturated carbocycles. The van der Waals surface area contributed by atoms with Gasteiger partial charge in [-0.25, -0.2) is 0 Å². The van der Waals surface area contributed by atoms with Crippen LogP contribution in [0.1, 0.15) is 35.9 Å². The van der Waals surface area contributed by atoms with E-state index in [1.807, 2.05) is 42.5 Å². The smallest absolute Gasteiger partial charge is 0.309 e. The van der Waals surface area contributed by atoms with Gasteiger partial charge < -0.3 is 14.2 Å². The van der Waals surface area contributed by atoms with E-state index in [4.69, 9.17) is 4.74 Å². The third-order valence-corrected chi connectivity index (χ3v) is 3.99. The monoisotopic (exact) mass is 278 g/mol. The molecule has 0 atom stereocenters. The highest BCUT2D eigenvalue weighted by atomic mass is 16.5. The second-order valence-corrected chi connectivity index (χ2v) is 5.24. The lowest BCUT2D eigenvalue weighted by molar-refractivity contribution is -0.149. The molecule has 0 aromatic carbocycles. The fourth-order valence-corrected chi connectivity index (χ4v) is 2.57. The van der Waals surface area contributed by atoms with Crippen LogP contribution in [0.2, 0.25) is 0 Å². The van der Waals surface area contributed by atoms with Gasteiger partial charge in [0.2, 0.25) is 0 Å². The number of aromatic nitrogens is 1. The SMILES string of the molecule is CCOC(=O)C1CCN(C(=O)c2ccc(C)n2C)CC1. The van der Waals surface area contributed by atoms with Crippen LogP contribution in [0.3, 0.4) is 0 Å². The van der Waals surface area contributed by atoms with Gasteiger partial charge in [-0.1, -0.05) is 0 Å². The summed E-state index contributed by atoms with van der Waals surface area (Å²) >= 11 is 0. The first kappa shape index (κ1) is 14.6. The molecule has 0 spiro atoms. The number of piperidine rings is 1. The summed E-state index contributed by atoms with van der Waals surface area (Å²) in [5.74, 6) is -0.147. The Hall–Kier alpha value is -1.78. The normalized spacial score (nSPS) is 16.2. The van der Waals surface area contributed by atoms with Gasteiger partial charge in [-0.15, -0.1) is 0 Å². The first-order chi connectivity index (χ1) is 9.54. The second kappa shape index (κ2) is 6.11. The summed E-state index contributed by atoms with van der Waals surface area (Å²) in [7, 11) is 1.90. The average molecular weight is 278 g/mol. The maximum atomic E-state index is 12.4. The maximum absolute atomic E-state index is 12.4. The largest absolute Gasteiger partial charge is 0.466 e. The van der Waals surface area contributed by atoms with Gasteiger partial charge in [-0.05, 0) is 38.8 Å². The highest BCUT2D eigenvalue weighted by Crippen LogP contribution is 2.20. The summed E-state index contributed by atoms with van der Waals surface area (Å²) in [6.45, 7) is 5.44. The fourth-order valence-electron chi connectivity index (χ4n) is 2.57. The molecule has 0 bridgehead atoms. The Morgan fingerprint density at radius 2 is 1.95 bits per heavy atom. The van der Waals surface area contributed by atoms with Crippen LogP contribution in [0.15, 0.2) is 12.1 Å². The van der Waals surface area contributed by atoms with Crippen molar-refractivity contribution in [3.05, 3.63) is 23.5 Å². The summed E-state index contributed by atoms with van der Waals surface area (Å²) in [6.07, 6.45) is 1.38. The van der Waals surface area contributed by atoms with Crippen LogP contribution >= 0.6 is 0 Å². The van der Waals surface area contributed by atoms with Crippen molar-refractivity contribution < 1.29 is 14.3 Å². The molecule has 0 N–H and O–H groups in total. The molecular formula is C15H22N2O3. The second-order valence-electron chi connectivity index (χ2n) is 5.24. The van der Waals surface area contributed by atoms with Crippen molar-refractivity contribution >= 4 is 11.9 Å². The first-order valence-corrected chi connectivity index (χ1v) is 7.12. The quantitative estimate of drug-likeness (QED) is 0.791. The van der Waals surface area contributed by atoms with Crippen LogP contribution in [-0.4, -0.2) is 41.0 Å². The number of amides is 1. The third-order valence-electron chi connectivity index (χ3n) is 3.99. The van der Waals surface area contributed by atoms with Crippen LogP contribution in [0.5, 0.6) is 0 Å². The average Bonchev–Trinajstić information content (AvgIpc) is 2.79. The Morgan fingerprint density at radius 3 is 2.45 bits per heavy atom. The molecule has 2 heterocycles. The van der Waals surface area contributed by atoms with Gasteiger partial charge in [0.05, 0.1) is 12.5 Å². The predicted octanol–water partition coefficient (Wildman–Crippen LogP) is 1.75. The van der Waals surface area contributed by atoms with Gasteiger partial charge in [0.25, 0.3) is 5.91 Å². The molecule has 5 nitrogen and oxygen atoms in total.